The maximum Gasteiger partial charge on any atom is 0.321 e. The predicted molar refractivity (Wildman–Crippen MR) is 112 cm³/mol. The number of carboxylic acid groups (broad SMARTS) is 1. The third-order valence-corrected chi connectivity index (χ3v) is 5.52. The number of carbonyl (C=O) groups excluding carboxylic acids is 1. The number of fused-ring (bicyclic) bond motifs is 3. The molecule has 0 bridgehead atoms. The Balaban J connectivity index is 1.50. The lowest BCUT2D eigenvalue weighted by Gasteiger charge is -2.21. The quantitative estimate of drug-likeness (QED) is 0.465. The molecule has 3 aromatic rings. The van der Waals surface area contributed by atoms with E-state index >= 15 is 0 Å². The van der Waals surface area contributed by atoms with E-state index in [-0.39, 0.29) is 18.9 Å². The Morgan fingerprint density at radius 1 is 0.967 bits per heavy atom. The summed E-state index contributed by atoms with van der Waals surface area (Å²) < 4.78 is 5.51. The third-order valence-electron chi connectivity index (χ3n) is 5.52. The molecule has 2 atom stereocenters. The lowest BCUT2D eigenvalue weighted by atomic mass is 9.94. The predicted octanol–water partition coefficient (Wildman–Crippen LogP) is 3.01. The van der Waals surface area contributed by atoms with Crippen molar-refractivity contribution in [2.24, 2.45) is 11.7 Å². The third kappa shape index (κ3) is 3.82. The van der Waals surface area contributed by atoms with Crippen molar-refractivity contribution in [1.82, 2.24) is 4.98 Å². The van der Waals surface area contributed by atoms with Gasteiger partial charge in [0.05, 0.1) is 0 Å². The summed E-state index contributed by atoms with van der Waals surface area (Å²) in [7, 11) is 0. The normalized spacial score (nSPS) is 14.4. The van der Waals surface area contributed by atoms with Crippen molar-refractivity contribution >= 4 is 11.9 Å². The molecule has 152 valence electrons. The van der Waals surface area contributed by atoms with Gasteiger partial charge in [-0.2, -0.15) is 0 Å². The highest BCUT2D eigenvalue weighted by molar-refractivity contribution is 5.95. The fourth-order valence-electron chi connectivity index (χ4n) is 4.06. The molecule has 0 unspecified atom stereocenters. The summed E-state index contributed by atoms with van der Waals surface area (Å²) in [6, 6.07) is 18.5. The zero-order chi connectivity index (χ0) is 21.1. The minimum absolute atomic E-state index is 0.0681. The van der Waals surface area contributed by atoms with Gasteiger partial charge >= 0.3 is 11.9 Å². The zero-order valence-electron chi connectivity index (χ0n) is 16.3. The van der Waals surface area contributed by atoms with Crippen molar-refractivity contribution in [2.75, 3.05) is 6.61 Å². The Kier molecular flexibility index (Phi) is 5.59. The second-order valence-corrected chi connectivity index (χ2v) is 7.40. The van der Waals surface area contributed by atoms with E-state index in [1.165, 1.54) is 0 Å². The van der Waals surface area contributed by atoms with E-state index in [2.05, 4.69) is 4.98 Å². The van der Waals surface area contributed by atoms with Crippen molar-refractivity contribution in [3.63, 3.8) is 0 Å². The number of esters is 1. The monoisotopic (exact) mass is 402 g/mol. The molecule has 1 aromatic heterocycles. The summed E-state index contributed by atoms with van der Waals surface area (Å²) >= 11 is 0. The van der Waals surface area contributed by atoms with Gasteiger partial charge in [0.15, 0.2) is 5.92 Å². The van der Waals surface area contributed by atoms with E-state index < -0.39 is 23.9 Å². The molecule has 4 rings (SSSR count). The maximum atomic E-state index is 12.7. The number of carboxylic acids is 1. The summed E-state index contributed by atoms with van der Waals surface area (Å²) in [4.78, 5) is 28.4. The summed E-state index contributed by atoms with van der Waals surface area (Å²) in [5.41, 5.74) is 11.3. The number of benzene rings is 2. The molecule has 2 aromatic carbocycles. The fourth-order valence-corrected chi connectivity index (χ4v) is 4.06. The molecule has 0 radical (unpaired) electrons. The Labute approximate surface area is 174 Å². The minimum Gasteiger partial charge on any atom is -0.481 e. The number of pyridine rings is 1. The topological polar surface area (TPSA) is 103 Å². The number of nitrogens with zero attached hydrogens (tertiary/aromatic N) is 1. The SMILES string of the molecule is N[C@H](Cc1ccncc1)[C@@H](C(=O)O)C(=O)OCC1c2ccccc2-c2ccccc21. The van der Waals surface area contributed by atoms with E-state index in [4.69, 9.17) is 10.5 Å². The standard InChI is InChI=1S/C24H22N2O4/c25-21(13-15-9-11-26-12-10-15)22(23(27)28)24(29)30-14-20-18-7-3-1-5-16(18)17-6-2-4-8-19(17)20/h1-12,20-22H,13-14,25H2,(H,27,28)/t21-,22+/m1/s1. The first-order chi connectivity index (χ1) is 14.6. The van der Waals surface area contributed by atoms with Crippen molar-refractivity contribution in [1.29, 1.82) is 0 Å². The highest BCUT2D eigenvalue weighted by atomic mass is 16.5. The van der Waals surface area contributed by atoms with Crippen molar-refractivity contribution in [3.8, 4) is 11.1 Å². The molecule has 3 N–H and O–H groups in total. The molecule has 1 heterocycles. The van der Waals surface area contributed by atoms with Gasteiger partial charge in [-0.3, -0.25) is 14.6 Å². The Hall–Kier alpha value is -3.51. The van der Waals surface area contributed by atoms with E-state index in [1.54, 1.807) is 24.5 Å². The first kappa shape index (κ1) is 19.8. The average Bonchev–Trinajstić information content (AvgIpc) is 3.06. The van der Waals surface area contributed by atoms with Gasteiger partial charge in [0, 0.05) is 24.4 Å². The molecule has 0 saturated carbocycles. The molecule has 1 aliphatic rings. The average molecular weight is 402 g/mol. The fraction of sp³-hybridized carbons (Fsp3) is 0.208. The van der Waals surface area contributed by atoms with Crippen LogP contribution < -0.4 is 5.73 Å². The Morgan fingerprint density at radius 3 is 2.10 bits per heavy atom. The molecule has 0 spiro atoms. The molecule has 0 aliphatic heterocycles. The number of carbonyl (C=O) groups is 2. The number of aromatic nitrogens is 1. The molecule has 0 fully saturated rings. The summed E-state index contributed by atoms with van der Waals surface area (Å²) in [5.74, 6) is -3.67. The second kappa shape index (κ2) is 8.47. The number of aliphatic carboxylic acids is 1. The Morgan fingerprint density at radius 2 is 1.53 bits per heavy atom. The smallest absolute Gasteiger partial charge is 0.321 e. The van der Waals surface area contributed by atoms with Gasteiger partial charge in [0.2, 0.25) is 0 Å². The molecule has 6 heteroatoms. The van der Waals surface area contributed by atoms with Crippen molar-refractivity contribution in [3.05, 3.63) is 89.7 Å². The van der Waals surface area contributed by atoms with E-state index in [0.717, 1.165) is 27.8 Å². The molecule has 1 aliphatic carbocycles. The molecule has 6 nitrogen and oxygen atoms in total. The van der Waals surface area contributed by atoms with Crippen LogP contribution in [-0.2, 0) is 20.7 Å². The highest BCUT2D eigenvalue weighted by Crippen LogP contribution is 2.44. The molecular weight excluding hydrogens is 380 g/mol. The summed E-state index contributed by atoms with van der Waals surface area (Å²) in [6.07, 6.45) is 3.44. The van der Waals surface area contributed by atoms with Crippen LogP contribution in [0.4, 0.5) is 0 Å². The molecule has 30 heavy (non-hydrogen) atoms. The lowest BCUT2D eigenvalue weighted by Crippen LogP contribution is -2.43. The van der Waals surface area contributed by atoms with E-state index in [1.807, 2.05) is 48.5 Å². The molecular formula is C24H22N2O4. The van der Waals surface area contributed by atoms with Gasteiger partial charge < -0.3 is 15.6 Å². The van der Waals surface area contributed by atoms with Gasteiger partial charge in [-0.1, -0.05) is 48.5 Å². The second-order valence-electron chi connectivity index (χ2n) is 7.40. The minimum atomic E-state index is -1.44. The van der Waals surface area contributed by atoms with Crippen LogP contribution in [-0.4, -0.2) is 34.7 Å². The summed E-state index contributed by atoms with van der Waals surface area (Å²) in [6.45, 7) is 0.0681. The first-order valence-electron chi connectivity index (χ1n) is 9.78. The number of ether oxygens (including phenoxy) is 1. The summed E-state index contributed by atoms with van der Waals surface area (Å²) in [5, 5.41) is 9.61. The number of rotatable bonds is 7. The van der Waals surface area contributed by atoms with Crippen LogP contribution in [0.15, 0.2) is 73.1 Å². The van der Waals surface area contributed by atoms with Gasteiger partial charge in [0.25, 0.3) is 0 Å². The largest absolute Gasteiger partial charge is 0.481 e. The van der Waals surface area contributed by atoms with Gasteiger partial charge in [0.1, 0.15) is 6.61 Å². The Bertz CT molecular complexity index is 1020. The van der Waals surface area contributed by atoms with Crippen molar-refractivity contribution < 1.29 is 19.4 Å². The van der Waals surface area contributed by atoms with Crippen LogP contribution in [0, 0.1) is 5.92 Å². The number of hydrogen-bond donors (Lipinski definition) is 2. The first-order valence-corrected chi connectivity index (χ1v) is 9.78. The number of hydrogen-bond acceptors (Lipinski definition) is 5. The van der Waals surface area contributed by atoms with Gasteiger partial charge in [-0.25, -0.2) is 0 Å². The molecule has 0 saturated heterocycles. The van der Waals surface area contributed by atoms with Crippen LogP contribution in [0.3, 0.4) is 0 Å². The van der Waals surface area contributed by atoms with Gasteiger partial charge in [-0.05, 0) is 46.4 Å². The molecule has 0 amide bonds. The highest BCUT2D eigenvalue weighted by Gasteiger charge is 2.36. The maximum absolute atomic E-state index is 12.7. The van der Waals surface area contributed by atoms with E-state index in [9.17, 15) is 14.7 Å². The van der Waals surface area contributed by atoms with Crippen molar-refractivity contribution in [2.45, 2.75) is 18.4 Å². The van der Waals surface area contributed by atoms with Crippen LogP contribution in [0.5, 0.6) is 0 Å². The lowest BCUT2D eigenvalue weighted by molar-refractivity contribution is -0.159. The van der Waals surface area contributed by atoms with Crippen LogP contribution in [0.2, 0.25) is 0 Å². The zero-order valence-corrected chi connectivity index (χ0v) is 16.3. The van der Waals surface area contributed by atoms with Crippen LogP contribution >= 0.6 is 0 Å². The van der Waals surface area contributed by atoms with Crippen LogP contribution in [0.1, 0.15) is 22.6 Å². The van der Waals surface area contributed by atoms with Gasteiger partial charge in [-0.15, -0.1) is 0 Å². The number of nitrogens with two attached hydrogens (primary N) is 1. The van der Waals surface area contributed by atoms with E-state index in [0.29, 0.717) is 0 Å². The van der Waals surface area contributed by atoms with Crippen LogP contribution in [0.25, 0.3) is 11.1 Å².